The molecule has 2 aliphatic heterocycles. The Hall–Kier alpha value is -1.27. The number of oxazole rings is 1. The molecule has 2 saturated heterocycles. The summed E-state index contributed by atoms with van der Waals surface area (Å²) >= 11 is 2.06. The van der Waals surface area contributed by atoms with E-state index in [2.05, 4.69) is 26.5 Å². The lowest BCUT2D eigenvalue weighted by Crippen LogP contribution is -2.47. The normalized spacial score (nSPS) is 21.6. The van der Waals surface area contributed by atoms with Crippen molar-refractivity contribution in [3.8, 4) is 0 Å². The van der Waals surface area contributed by atoms with Crippen LogP contribution in [0.5, 0.6) is 0 Å². The van der Waals surface area contributed by atoms with Crippen molar-refractivity contribution in [2.45, 2.75) is 18.9 Å². The van der Waals surface area contributed by atoms with Gasteiger partial charge in [-0.2, -0.15) is 16.7 Å². The Kier molecular flexibility index (Phi) is 3.96. The number of aromatic nitrogens is 1. The third kappa shape index (κ3) is 2.82. The average Bonchev–Trinajstić information content (AvgIpc) is 2.99. The molecule has 3 heterocycles. The van der Waals surface area contributed by atoms with E-state index >= 15 is 0 Å². The van der Waals surface area contributed by atoms with Gasteiger partial charge in [0.05, 0.1) is 0 Å². The number of hydrogen-bond donors (Lipinski definition) is 0. The highest BCUT2D eigenvalue weighted by atomic mass is 32.2. The summed E-state index contributed by atoms with van der Waals surface area (Å²) < 4.78 is 19.0. The van der Waals surface area contributed by atoms with Gasteiger partial charge in [0.25, 0.3) is 6.01 Å². The largest absolute Gasteiger partial charge is 0.423 e. The van der Waals surface area contributed by atoms with Crippen LogP contribution < -0.4 is 4.90 Å². The fourth-order valence-electron chi connectivity index (χ4n) is 3.39. The summed E-state index contributed by atoms with van der Waals surface area (Å²) in [6, 6.07) is 5.84. The van der Waals surface area contributed by atoms with Gasteiger partial charge in [0.1, 0.15) is 11.3 Å². The molecule has 2 fully saturated rings. The van der Waals surface area contributed by atoms with Crippen LogP contribution in [0.3, 0.4) is 0 Å². The van der Waals surface area contributed by atoms with Crippen LogP contribution in [0.1, 0.15) is 12.8 Å². The second-order valence-electron chi connectivity index (χ2n) is 5.98. The number of halogens is 1. The predicted octanol–water partition coefficient (Wildman–Crippen LogP) is 2.98. The zero-order valence-electron chi connectivity index (χ0n) is 12.5. The van der Waals surface area contributed by atoms with E-state index in [-0.39, 0.29) is 5.82 Å². The highest BCUT2D eigenvalue weighted by molar-refractivity contribution is 7.99. The molecular formula is C16H20FN3OS. The Bertz CT molecular complexity index is 648. The van der Waals surface area contributed by atoms with Crippen LogP contribution in [0.2, 0.25) is 0 Å². The lowest BCUT2D eigenvalue weighted by molar-refractivity contribution is 0.184. The Balaban J connectivity index is 1.43. The van der Waals surface area contributed by atoms with Crippen LogP contribution in [-0.4, -0.2) is 53.6 Å². The summed E-state index contributed by atoms with van der Waals surface area (Å²) in [6.07, 6.45) is 2.30. The van der Waals surface area contributed by atoms with Crippen LogP contribution in [0.15, 0.2) is 22.6 Å². The third-order valence-corrected chi connectivity index (χ3v) is 5.58. The molecule has 0 atom stereocenters. The Labute approximate surface area is 133 Å². The van der Waals surface area contributed by atoms with Gasteiger partial charge in [-0.25, -0.2) is 4.39 Å². The second-order valence-corrected chi connectivity index (χ2v) is 7.20. The maximum absolute atomic E-state index is 13.2. The first-order valence-electron chi connectivity index (χ1n) is 7.92. The molecule has 4 rings (SSSR count). The first-order valence-corrected chi connectivity index (χ1v) is 9.08. The average molecular weight is 321 g/mol. The number of nitrogens with zero attached hydrogens (tertiary/aromatic N) is 3. The molecule has 0 aliphatic carbocycles. The van der Waals surface area contributed by atoms with Gasteiger partial charge in [0, 0.05) is 49.8 Å². The van der Waals surface area contributed by atoms with Gasteiger partial charge in [-0.05, 0) is 25.0 Å². The molecular weight excluding hydrogens is 301 g/mol. The van der Waals surface area contributed by atoms with Gasteiger partial charge in [0.2, 0.25) is 0 Å². The summed E-state index contributed by atoms with van der Waals surface area (Å²) in [5, 5.41) is 0. The molecule has 0 N–H and O–H groups in total. The van der Waals surface area contributed by atoms with Gasteiger partial charge in [-0.3, -0.25) is 4.90 Å². The summed E-state index contributed by atoms with van der Waals surface area (Å²) in [5.41, 5.74) is 1.26. The van der Waals surface area contributed by atoms with Gasteiger partial charge in [-0.15, -0.1) is 0 Å². The maximum atomic E-state index is 13.2. The van der Waals surface area contributed by atoms with Crippen molar-refractivity contribution in [1.82, 2.24) is 9.88 Å². The third-order valence-electron chi connectivity index (χ3n) is 4.64. The van der Waals surface area contributed by atoms with E-state index in [0.717, 1.165) is 31.4 Å². The minimum atomic E-state index is -0.281. The van der Waals surface area contributed by atoms with Crippen molar-refractivity contribution in [2.75, 3.05) is 42.6 Å². The highest BCUT2D eigenvalue weighted by Crippen LogP contribution is 2.27. The van der Waals surface area contributed by atoms with Gasteiger partial charge in [-0.1, -0.05) is 0 Å². The second kappa shape index (κ2) is 6.08. The van der Waals surface area contributed by atoms with Crippen molar-refractivity contribution >= 4 is 28.9 Å². The molecule has 2 aliphatic rings. The summed E-state index contributed by atoms with van der Waals surface area (Å²) in [6.45, 7) is 4.36. The number of benzene rings is 1. The van der Waals surface area contributed by atoms with Crippen molar-refractivity contribution in [1.29, 1.82) is 0 Å². The molecule has 2 aromatic rings. The minimum absolute atomic E-state index is 0.281. The fourth-order valence-corrected chi connectivity index (χ4v) is 4.32. The lowest BCUT2D eigenvalue weighted by atomic mass is 10.0. The molecule has 0 amide bonds. The van der Waals surface area contributed by atoms with Crippen LogP contribution >= 0.6 is 11.8 Å². The number of hydrogen-bond acceptors (Lipinski definition) is 5. The molecule has 6 heteroatoms. The molecule has 0 unspecified atom stereocenters. The minimum Gasteiger partial charge on any atom is -0.423 e. The standard InChI is InChI=1S/C16H20FN3OS/c17-12-1-2-14-15(11-12)21-16(18-14)20-5-3-13(4-6-20)19-7-9-22-10-8-19/h1-2,11,13H,3-10H2. The zero-order valence-corrected chi connectivity index (χ0v) is 13.3. The van der Waals surface area contributed by atoms with E-state index in [4.69, 9.17) is 4.42 Å². The summed E-state index contributed by atoms with van der Waals surface area (Å²) in [7, 11) is 0. The van der Waals surface area contributed by atoms with E-state index in [9.17, 15) is 4.39 Å². The first kappa shape index (κ1) is 14.3. The number of fused-ring (bicyclic) bond motifs is 1. The summed E-state index contributed by atoms with van der Waals surface area (Å²) in [5.74, 6) is 2.24. The van der Waals surface area contributed by atoms with Crippen LogP contribution in [-0.2, 0) is 0 Å². The zero-order chi connectivity index (χ0) is 14.9. The monoisotopic (exact) mass is 321 g/mol. The molecule has 1 aromatic heterocycles. The molecule has 118 valence electrons. The van der Waals surface area contributed by atoms with Crippen LogP contribution in [0, 0.1) is 5.82 Å². The van der Waals surface area contributed by atoms with Crippen molar-refractivity contribution < 1.29 is 8.81 Å². The number of anilines is 1. The van der Waals surface area contributed by atoms with E-state index in [1.165, 1.54) is 36.7 Å². The van der Waals surface area contributed by atoms with Gasteiger partial charge >= 0.3 is 0 Å². The van der Waals surface area contributed by atoms with Crippen LogP contribution in [0.4, 0.5) is 10.4 Å². The number of thioether (sulfide) groups is 1. The molecule has 0 bridgehead atoms. The Morgan fingerprint density at radius 1 is 1.14 bits per heavy atom. The quantitative estimate of drug-likeness (QED) is 0.849. The molecule has 4 nitrogen and oxygen atoms in total. The summed E-state index contributed by atoms with van der Waals surface area (Å²) in [4.78, 5) is 9.31. The van der Waals surface area contributed by atoms with Crippen LogP contribution in [0.25, 0.3) is 11.1 Å². The van der Waals surface area contributed by atoms with Crippen molar-refractivity contribution in [3.63, 3.8) is 0 Å². The highest BCUT2D eigenvalue weighted by Gasteiger charge is 2.27. The lowest BCUT2D eigenvalue weighted by Gasteiger charge is -2.39. The topological polar surface area (TPSA) is 32.5 Å². The molecule has 1 aromatic carbocycles. The molecule has 0 spiro atoms. The van der Waals surface area contributed by atoms with Gasteiger partial charge in [0.15, 0.2) is 5.58 Å². The SMILES string of the molecule is Fc1ccc2nc(N3CCC(N4CCSCC4)CC3)oc2c1. The molecule has 22 heavy (non-hydrogen) atoms. The van der Waals surface area contributed by atoms with Crippen molar-refractivity contribution in [3.05, 3.63) is 24.0 Å². The first-order chi connectivity index (χ1) is 10.8. The van der Waals surface area contributed by atoms with E-state index in [1.807, 2.05) is 0 Å². The Morgan fingerprint density at radius 2 is 1.91 bits per heavy atom. The number of piperidine rings is 1. The molecule has 0 radical (unpaired) electrons. The van der Waals surface area contributed by atoms with E-state index in [0.29, 0.717) is 17.6 Å². The Morgan fingerprint density at radius 3 is 2.68 bits per heavy atom. The van der Waals surface area contributed by atoms with Gasteiger partial charge < -0.3 is 9.32 Å². The predicted molar refractivity (Wildman–Crippen MR) is 88.1 cm³/mol. The maximum Gasteiger partial charge on any atom is 0.298 e. The van der Waals surface area contributed by atoms with E-state index in [1.54, 1.807) is 6.07 Å². The fraction of sp³-hybridized carbons (Fsp3) is 0.562. The van der Waals surface area contributed by atoms with Crippen molar-refractivity contribution in [2.24, 2.45) is 0 Å². The number of rotatable bonds is 2. The van der Waals surface area contributed by atoms with E-state index < -0.39 is 0 Å². The molecule has 0 saturated carbocycles. The smallest absolute Gasteiger partial charge is 0.298 e.